The number of morpholine rings is 1. The van der Waals surface area contributed by atoms with E-state index in [4.69, 9.17) is 22.7 Å². The van der Waals surface area contributed by atoms with Crippen LogP contribution in [0.15, 0.2) is 18.2 Å². The maximum Gasteiger partial charge on any atom is 0.254 e. The summed E-state index contributed by atoms with van der Waals surface area (Å²) in [4.78, 5) is 14.1. The number of halogens is 1. The average Bonchev–Trinajstić information content (AvgIpc) is 2.37. The molecule has 1 aliphatic heterocycles. The molecule has 1 atom stereocenters. The standard InChI is InChI=1S/C13H15FN2O2S/c1-8-4-9(6-10(14)5-8)13(17)16-2-3-18-11(7-16)12(15)19/h4-6,11H,2-3,7H2,1H3,(H2,15,19). The van der Waals surface area contributed by atoms with Crippen LogP contribution in [0.4, 0.5) is 4.39 Å². The summed E-state index contributed by atoms with van der Waals surface area (Å²) in [6.07, 6.45) is -0.428. The minimum Gasteiger partial charge on any atom is -0.391 e. The number of ether oxygens (including phenoxy) is 1. The van der Waals surface area contributed by atoms with E-state index < -0.39 is 11.9 Å². The van der Waals surface area contributed by atoms with E-state index in [2.05, 4.69) is 0 Å². The predicted molar refractivity (Wildman–Crippen MR) is 73.6 cm³/mol. The van der Waals surface area contributed by atoms with Gasteiger partial charge in [-0.15, -0.1) is 0 Å². The van der Waals surface area contributed by atoms with Gasteiger partial charge in [0.05, 0.1) is 13.2 Å². The fraction of sp³-hybridized carbons (Fsp3) is 0.385. The van der Waals surface area contributed by atoms with E-state index in [-0.39, 0.29) is 10.9 Å². The molecule has 1 aromatic carbocycles. The van der Waals surface area contributed by atoms with Crippen LogP contribution in [-0.4, -0.2) is 41.6 Å². The maximum absolute atomic E-state index is 13.3. The van der Waals surface area contributed by atoms with Crippen molar-refractivity contribution in [1.82, 2.24) is 4.90 Å². The number of nitrogens with zero attached hydrogens (tertiary/aromatic N) is 1. The predicted octanol–water partition coefficient (Wildman–Crippen LogP) is 1.26. The molecule has 0 saturated carbocycles. The molecule has 4 nitrogen and oxygen atoms in total. The number of hydrogen-bond acceptors (Lipinski definition) is 3. The van der Waals surface area contributed by atoms with E-state index in [1.165, 1.54) is 12.1 Å². The lowest BCUT2D eigenvalue weighted by atomic mass is 10.1. The summed E-state index contributed by atoms with van der Waals surface area (Å²) < 4.78 is 18.7. The number of carbonyl (C=O) groups excluding carboxylic acids is 1. The third-order valence-electron chi connectivity index (χ3n) is 2.96. The molecule has 2 rings (SSSR count). The Kier molecular flexibility index (Phi) is 4.11. The molecule has 1 saturated heterocycles. The largest absolute Gasteiger partial charge is 0.391 e. The molecule has 0 aliphatic carbocycles. The summed E-state index contributed by atoms with van der Waals surface area (Å²) in [5, 5.41) is 0. The van der Waals surface area contributed by atoms with Crippen molar-refractivity contribution in [2.75, 3.05) is 19.7 Å². The molecule has 0 spiro atoms. The van der Waals surface area contributed by atoms with Crippen molar-refractivity contribution >= 4 is 23.1 Å². The second-order valence-corrected chi connectivity index (χ2v) is 5.00. The Hall–Kier alpha value is -1.53. The van der Waals surface area contributed by atoms with Gasteiger partial charge in [-0.1, -0.05) is 12.2 Å². The summed E-state index contributed by atoms with van der Waals surface area (Å²) >= 11 is 4.87. The first-order chi connectivity index (χ1) is 8.97. The zero-order valence-electron chi connectivity index (χ0n) is 10.6. The summed E-state index contributed by atoms with van der Waals surface area (Å²) in [6, 6.07) is 4.28. The van der Waals surface area contributed by atoms with Gasteiger partial charge in [0.15, 0.2) is 0 Å². The van der Waals surface area contributed by atoms with Crippen LogP contribution in [0.1, 0.15) is 15.9 Å². The highest BCUT2D eigenvalue weighted by molar-refractivity contribution is 7.80. The molecule has 1 fully saturated rings. The quantitative estimate of drug-likeness (QED) is 0.830. The Balaban J connectivity index is 2.16. The van der Waals surface area contributed by atoms with E-state index >= 15 is 0 Å². The molecule has 6 heteroatoms. The van der Waals surface area contributed by atoms with Crippen LogP contribution < -0.4 is 5.73 Å². The second kappa shape index (κ2) is 5.63. The van der Waals surface area contributed by atoms with E-state index in [0.717, 1.165) is 0 Å². The molecular formula is C13H15FN2O2S. The van der Waals surface area contributed by atoms with E-state index in [0.29, 0.717) is 30.8 Å². The van der Waals surface area contributed by atoms with E-state index in [1.807, 2.05) is 0 Å². The summed E-state index contributed by atoms with van der Waals surface area (Å²) in [7, 11) is 0. The third-order valence-corrected chi connectivity index (χ3v) is 3.22. The number of aryl methyl sites for hydroxylation is 1. The Morgan fingerprint density at radius 1 is 1.53 bits per heavy atom. The molecule has 1 heterocycles. The summed E-state index contributed by atoms with van der Waals surface area (Å²) in [5.41, 5.74) is 6.57. The van der Waals surface area contributed by atoms with E-state index in [9.17, 15) is 9.18 Å². The fourth-order valence-electron chi connectivity index (χ4n) is 2.05. The van der Waals surface area contributed by atoms with Gasteiger partial charge >= 0.3 is 0 Å². The highest BCUT2D eigenvalue weighted by Crippen LogP contribution is 2.14. The highest BCUT2D eigenvalue weighted by atomic mass is 32.1. The third kappa shape index (κ3) is 3.27. The summed E-state index contributed by atoms with van der Waals surface area (Å²) in [6.45, 7) is 2.89. The first-order valence-corrected chi connectivity index (χ1v) is 6.35. The molecule has 0 bridgehead atoms. The Labute approximate surface area is 116 Å². The van der Waals surface area contributed by atoms with Gasteiger partial charge in [-0.05, 0) is 30.7 Å². The lowest BCUT2D eigenvalue weighted by Crippen LogP contribution is -2.49. The lowest BCUT2D eigenvalue weighted by Gasteiger charge is -2.32. The zero-order chi connectivity index (χ0) is 14.0. The number of carbonyl (C=O) groups is 1. The Morgan fingerprint density at radius 3 is 2.89 bits per heavy atom. The van der Waals surface area contributed by atoms with Crippen molar-refractivity contribution in [2.24, 2.45) is 5.73 Å². The SMILES string of the molecule is Cc1cc(F)cc(C(=O)N2CCOC(C(N)=S)C2)c1. The van der Waals surface area contributed by atoms with Crippen molar-refractivity contribution in [3.63, 3.8) is 0 Å². The molecule has 0 aromatic heterocycles. The van der Waals surface area contributed by atoms with Crippen molar-refractivity contribution in [3.05, 3.63) is 35.1 Å². The van der Waals surface area contributed by atoms with Gasteiger partial charge in [-0.2, -0.15) is 0 Å². The zero-order valence-corrected chi connectivity index (χ0v) is 11.4. The van der Waals surface area contributed by atoms with Crippen molar-refractivity contribution < 1.29 is 13.9 Å². The summed E-state index contributed by atoms with van der Waals surface area (Å²) in [5.74, 6) is -0.644. The van der Waals surface area contributed by atoms with Gasteiger partial charge < -0.3 is 15.4 Å². The molecule has 1 amide bonds. The smallest absolute Gasteiger partial charge is 0.254 e. The minimum absolute atomic E-state index is 0.229. The Morgan fingerprint density at radius 2 is 2.26 bits per heavy atom. The maximum atomic E-state index is 13.3. The van der Waals surface area contributed by atoms with Crippen molar-refractivity contribution in [3.8, 4) is 0 Å². The van der Waals surface area contributed by atoms with Crippen LogP contribution in [0.2, 0.25) is 0 Å². The fourth-order valence-corrected chi connectivity index (χ4v) is 2.19. The number of benzene rings is 1. The number of nitrogens with two attached hydrogens (primary N) is 1. The number of hydrogen-bond donors (Lipinski definition) is 1. The van der Waals surface area contributed by atoms with Crippen LogP contribution in [0.3, 0.4) is 0 Å². The van der Waals surface area contributed by atoms with Crippen LogP contribution >= 0.6 is 12.2 Å². The second-order valence-electron chi connectivity index (χ2n) is 4.53. The van der Waals surface area contributed by atoms with Crippen LogP contribution in [0, 0.1) is 12.7 Å². The van der Waals surface area contributed by atoms with Crippen molar-refractivity contribution in [2.45, 2.75) is 13.0 Å². The average molecular weight is 282 g/mol. The number of rotatable bonds is 2. The normalized spacial score (nSPS) is 19.3. The van der Waals surface area contributed by atoms with Crippen LogP contribution in [0.5, 0.6) is 0 Å². The van der Waals surface area contributed by atoms with Gasteiger partial charge in [0, 0.05) is 12.1 Å². The minimum atomic E-state index is -0.428. The molecular weight excluding hydrogens is 267 g/mol. The van der Waals surface area contributed by atoms with E-state index in [1.54, 1.807) is 17.9 Å². The highest BCUT2D eigenvalue weighted by Gasteiger charge is 2.26. The van der Waals surface area contributed by atoms with Crippen LogP contribution in [-0.2, 0) is 4.74 Å². The molecule has 19 heavy (non-hydrogen) atoms. The molecule has 102 valence electrons. The molecule has 2 N–H and O–H groups in total. The van der Waals surface area contributed by atoms with Gasteiger partial charge in [0.25, 0.3) is 5.91 Å². The van der Waals surface area contributed by atoms with Gasteiger partial charge in [0.2, 0.25) is 0 Å². The molecule has 1 aromatic rings. The molecule has 1 unspecified atom stereocenters. The Bertz CT molecular complexity index is 501. The van der Waals surface area contributed by atoms with Gasteiger partial charge in [-0.25, -0.2) is 4.39 Å². The van der Waals surface area contributed by atoms with Gasteiger partial charge in [-0.3, -0.25) is 4.79 Å². The first kappa shape index (κ1) is 13.9. The number of amides is 1. The molecule has 0 radical (unpaired) electrons. The van der Waals surface area contributed by atoms with Crippen LogP contribution in [0.25, 0.3) is 0 Å². The molecule has 1 aliphatic rings. The number of thiocarbonyl (C=S) groups is 1. The monoisotopic (exact) mass is 282 g/mol. The van der Waals surface area contributed by atoms with Gasteiger partial charge in [0.1, 0.15) is 16.9 Å². The lowest BCUT2D eigenvalue weighted by molar-refractivity contribution is 0.00876. The first-order valence-electron chi connectivity index (χ1n) is 5.95. The van der Waals surface area contributed by atoms with Crippen molar-refractivity contribution in [1.29, 1.82) is 0 Å². The topological polar surface area (TPSA) is 55.6 Å².